The van der Waals surface area contributed by atoms with Crippen LogP contribution >= 0.6 is 0 Å². The van der Waals surface area contributed by atoms with Crippen molar-refractivity contribution in [3.8, 4) is 17.1 Å². The van der Waals surface area contributed by atoms with Gasteiger partial charge in [0.1, 0.15) is 12.3 Å². The highest BCUT2D eigenvalue weighted by molar-refractivity contribution is 5.97. The van der Waals surface area contributed by atoms with Gasteiger partial charge in [-0.05, 0) is 26.0 Å². The van der Waals surface area contributed by atoms with Crippen LogP contribution in [-0.2, 0) is 11.3 Å². The van der Waals surface area contributed by atoms with Crippen LogP contribution in [-0.4, -0.2) is 33.0 Å². The first-order valence-electron chi connectivity index (χ1n) is 8.92. The van der Waals surface area contributed by atoms with Crippen LogP contribution in [0.3, 0.4) is 0 Å². The average molecular weight is 379 g/mol. The molecule has 0 aliphatic heterocycles. The number of hydrogen-bond donors (Lipinski definition) is 0. The molecule has 0 bridgehead atoms. The number of amides is 1. The summed E-state index contributed by atoms with van der Waals surface area (Å²) in [6.45, 7) is 5.22. The van der Waals surface area contributed by atoms with Crippen molar-refractivity contribution in [1.82, 2.24) is 15.0 Å². The van der Waals surface area contributed by atoms with Gasteiger partial charge in [-0.1, -0.05) is 47.6 Å². The molecule has 0 aliphatic carbocycles. The molecule has 1 heterocycles. The first-order valence-corrected chi connectivity index (χ1v) is 8.92. The fraction of sp³-hybridized carbons (Fsp3) is 0.238. The van der Waals surface area contributed by atoms with Crippen LogP contribution in [0.2, 0.25) is 0 Å². The zero-order chi connectivity index (χ0) is 20.1. The van der Waals surface area contributed by atoms with E-state index in [1.165, 1.54) is 6.92 Å². The molecule has 144 valence electrons. The van der Waals surface area contributed by atoms with Crippen LogP contribution in [0.1, 0.15) is 37.0 Å². The van der Waals surface area contributed by atoms with E-state index in [1.807, 2.05) is 44.2 Å². The Morgan fingerprint density at radius 2 is 1.75 bits per heavy atom. The SMILES string of the molecule is CC(=O)Oc1ccccc1C(=O)N(Cc1nc(-c2ccccc2)no1)C(C)C. The van der Waals surface area contributed by atoms with Gasteiger partial charge in [-0.3, -0.25) is 9.59 Å². The Labute approximate surface area is 162 Å². The number of hydrogen-bond acceptors (Lipinski definition) is 6. The fourth-order valence-electron chi connectivity index (χ4n) is 2.70. The van der Waals surface area contributed by atoms with Crippen molar-refractivity contribution < 1.29 is 18.8 Å². The van der Waals surface area contributed by atoms with E-state index in [1.54, 1.807) is 29.2 Å². The number of para-hydroxylation sites is 1. The lowest BCUT2D eigenvalue weighted by Crippen LogP contribution is -2.36. The van der Waals surface area contributed by atoms with Gasteiger partial charge >= 0.3 is 5.97 Å². The van der Waals surface area contributed by atoms with Crippen LogP contribution in [0.5, 0.6) is 5.75 Å². The minimum atomic E-state index is -0.485. The van der Waals surface area contributed by atoms with Gasteiger partial charge in [0.15, 0.2) is 0 Å². The molecule has 1 aromatic heterocycles. The molecular formula is C21H21N3O4. The molecule has 0 fully saturated rings. The molecule has 0 atom stereocenters. The Kier molecular flexibility index (Phi) is 5.84. The summed E-state index contributed by atoms with van der Waals surface area (Å²) in [5, 5.41) is 3.99. The van der Waals surface area contributed by atoms with E-state index < -0.39 is 5.97 Å². The summed E-state index contributed by atoms with van der Waals surface area (Å²) in [4.78, 5) is 30.4. The molecule has 3 aromatic rings. The Morgan fingerprint density at radius 3 is 2.43 bits per heavy atom. The zero-order valence-electron chi connectivity index (χ0n) is 16.0. The maximum Gasteiger partial charge on any atom is 0.308 e. The van der Waals surface area contributed by atoms with E-state index in [4.69, 9.17) is 9.26 Å². The van der Waals surface area contributed by atoms with Crippen molar-refractivity contribution in [2.75, 3.05) is 0 Å². The van der Waals surface area contributed by atoms with Gasteiger partial charge in [-0.2, -0.15) is 4.98 Å². The van der Waals surface area contributed by atoms with Crippen molar-refractivity contribution >= 4 is 11.9 Å². The van der Waals surface area contributed by atoms with Crippen molar-refractivity contribution in [2.45, 2.75) is 33.4 Å². The maximum atomic E-state index is 13.1. The summed E-state index contributed by atoms with van der Waals surface area (Å²) in [6, 6.07) is 16.0. The molecule has 1 amide bonds. The maximum absolute atomic E-state index is 13.1. The first kappa shape index (κ1) is 19.3. The fourth-order valence-corrected chi connectivity index (χ4v) is 2.70. The normalized spacial score (nSPS) is 10.7. The summed E-state index contributed by atoms with van der Waals surface area (Å²) in [7, 11) is 0. The second kappa shape index (κ2) is 8.47. The lowest BCUT2D eigenvalue weighted by Gasteiger charge is -2.25. The Hall–Kier alpha value is -3.48. The molecule has 0 aliphatic rings. The highest BCUT2D eigenvalue weighted by atomic mass is 16.5. The van der Waals surface area contributed by atoms with Crippen molar-refractivity contribution in [3.63, 3.8) is 0 Å². The third kappa shape index (κ3) is 4.43. The van der Waals surface area contributed by atoms with E-state index in [2.05, 4.69) is 10.1 Å². The second-order valence-corrected chi connectivity index (χ2v) is 6.49. The third-order valence-corrected chi connectivity index (χ3v) is 4.06. The molecule has 28 heavy (non-hydrogen) atoms. The molecule has 0 saturated heterocycles. The van der Waals surface area contributed by atoms with Crippen molar-refractivity contribution in [2.24, 2.45) is 0 Å². The van der Waals surface area contributed by atoms with Gasteiger partial charge < -0.3 is 14.2 Å². The summed E-state index contributed by atoms with van der Waals surface area (Å²) >= 11 is 0. The van der Waals surface area contributed by atoms with Crippen LogP contribution < -0.4 is 4.74 Å². The zero-order valence-corrected chi connectivity index (χ0v) is 16.0. The van der Waals surface area contributed by atoms with Crippen LogP contribution in [0.25, 0.3) is 11.4 Å². The molecule has 0 saturated carbocycles. The number of rotatable bonds is 6. The number of ether oxygens (including phenoxy) is 1. The van der Waals surface area contributed by atoms with E-state index in [-0.39, 0.29) is 24.2 Å². The predicted octanol–water partition coefficient (Wildman–Crippen LogP) is 3.71. The molecule has 7 nitrogen and oxygen atoms in total. The van der Waals surface area contributed by atoms with Crippen molar-refractivity contribution in [1.29, 1.82) is 0 Å². The number of esters is 1. The highest BCUT2D eigenvalue weighted by Gasteiger charge is 2.25. The number of benzene rings is 2. The Morgan fingerprint density at radius 1 is 1.07 bits per heavy atom. The minimum absolute atomic E-state index is 0.134. The number of nitrogens with zero attached hydrogens (tertiary/aromatic N) is 3. The van der Waals surface area contributed by atoms with Gasteiger partial charge in [0.05, 0.1) is 5.56 Å². The molecule has 0 unspecified atom stereocenters. The van der Waals surface area contributed by atoms with Crippen LogP contribution in [0, 0.1) is 0 Å². The van der Waals surface area contributed by atoms with Gasteiger partial charge in [-0.25, -0.2) is 0 Å². The van der Waals surface area contributed by atoms with Gasteiger partial charge in [0.2, 0.25) is 11.7 Å². The van der Waals surface area contributed by atoms with Gasteiger partial charge in [-0.15, -0.1) is 0 Å². The molecule has 2 aromatic carbocycles. The third-order valence-electron chi connectivity index (χ3n) is 4.06. The summed E-state index contributed by atoms with van der Waals surface area (Å²) in [5.41, 5.74) is 1.13. The summed E-state index contributed by atoms with van der Waals surface area (Å²) in [5.74, 6) is 0.242. The number of carbonyl (C=O) groups is 2. The standard InChI is InChI=1S/C21H21N3O4/c1-14(2)24(21(26)17-11-7-8-12-18(17)27-15(3)25)13-19-22-20(23-28-19)16-9-5-4-6-10-16/h4-12,14H,13H2,1-3H3. The second-order valence-electron chi connectivity index (χ2n) is 6.49. The van der Waals surface area contributed by atoms with Crippen molar-refractivity contribution in [3.05, 3.63) is 66.1 Å². The molecular weight excluding hydrogens is 358 g/mol. The largest absolute Gasteiger partial charge is 0.426 e. The van der Waals surface area contributed by atoms with Gasteiger partial charge in [0, 0.05) is 18.5 Å². The van der Waals surface area contributed by atoms with Crippen LogP contribution in [0.15, 0.2) is 59.1 Å². The summed E-state index contributed by atoms with van der Waals surface area (Å²) < 4.78 is 10.5. The van der Waals surface area contributed by atoms with E-state index >= 15 is 0 Å². The lowest BCUT2D eigenvalue weighted by molar-refractivity contribution is -0.131. The molecule has 3 rings (SSSR count). The van der Waals surface area contributed by atoms with Gasteiger partial charge in [0.25, 0.3) is 5.91 Å². The number of carbonyl (C=O) groups excluding carboxylic acids is 2. The van der Waals surface area contributed by atoms with E-state index in [0.29, 0.717) is 17.3 Å². The smallest absolute Gasteiger partial charge is 0.308 e. The van der Waals surface area contributed by atoms with E-state index in [9.17, 15) is 9.59 Å². The topological polar surface area (TPSA) is 85.5 Å². The molecule has 0 spiro atoms. The Balaban J connectivity index is 1.84. The monoisotopic (exact) mass is 379 g/mol. The summed E-state index contributed by atoms with van der Waals surface area (Å²) in [6.07, 6.45) is 0. The molecule has 0 radical (unpaired) electrons. The molecule has 0 N–H and O–H groups in total. The van der Waals surface area contributed by atoms with Crippen LogP contribution in [0.4, 0.5) is 0 Å². The first-order chi connectivity index (χ1) is 13.5. The molecule has 7 heteroatoms. The lowest BCUT2D eigenvalue weighted by atomic mass is 10.1. The predicted molar refractivity (Wildman–Crippen MR) is 102 cm³/mol. The minimum Gasteiger partial charge on any atom is -0.426 e. The Bertz CT molecular complexity index is 967. The number of aromatic nitrogens is 2. The quantitative estimate of drug-likeness (QED) is 0.479. The van der Waals surface area contributed by atoms with E-state index in [0.717, 1.165) is 5.56 Å². The highest BCUT2D eigenvalue weighted by Crippen LogP contribution is 2.23. The average Bonchev–Trinajstić information content (AvgIpc) is 3.15.